The second-order valence-electron chi connectivity index (χ2n) is 7.66. The first-order valence-corrected chi connectivity index (χ1v) is 10.5. The largest absolute Gasteiger partial charge is 0.495 e. The molecule has 2 amide bonds. The summed E-state index contributed by atoms with van der Waals surface area (Å²) < 4.78 is 11.7. The summed E-state index contributed by atoms with van der Waals surface area (Å²) in [5.74, 6) is 0.440. The fourth-order valence-electron chi connectivity index (χ4n) is 3.64. The maximum atomic E-state index is 13.2. The number of imidazole rings is 1. The minimum Gasteiger partial charge on any atom is -0.495 e. The number of pyridine rings is 2. The number of benzene rings is 1. The molecule has 0 aliphatic rings. The molecular weight excluding hydrogens is 448 g/mol. The van der Waals surface area contributed by atoms with Crippen molar-refractivity contribution in [3.63, 3.8) is 0 Å². The first-order valence-electron chi connectivity index (χ1n) is 10.5. The van der Waals surface area contributed by atoms with Gasteiger partial charge in [0, 0.05) is 30.6 Å². The molecule has 4 aromatic rings. The van der Waals surface area contributed by atoms with Gasteiger partial charge in [-0.3, -0.25) is 14.5 Å². The van der Waals surface area contributed by atoms with Crippen LogP contribution in [0.3, 0.4) is 0 Å². The normalized spacial score (nSPS) is 10.5. The fourth-order valence-corrected chi connectivity index (χ4v) is 3.64. The van der Waals surface area contributed by atoms with Crippen LogP contribution in [0.5, 0.6) is 5.75 Å². The standard InChI is InChI=1S/C25H22N6O4/c1-15-9-19(30(2)24(32)16-5-6-17(11-26)21(10-16)34-3)14-31-20(13-28-23(15)31)18-7-8-22(27-12-18)29-25(33)35-4/h5-10,12-14H,1-4H3,(H,27,29,33). The van der Waals surface area contributed by atoms with Crippen molar-refractivity contribution in [3.8, 4) is 23.1 Å². The molecule has 1 aromatic carbocycles. The summed E-state index contributed by atoms with van der Waals surface area (Å²) in [6.07, 6.45) is 4.57. The van der Waals surface area contributed by atoms with Gasteiger partial charge in [-0.15, -0.1) is 0 Å². The molecule has 0 spiro atoms. The molecule has 3 aromatic heterocycles. The quantitative estimate of drug-likeness (QED) is 0.467. The van der Waals surface area contributed by atoms with Gasteiger partial charge in [-0.05, 0) is 48.9 Å². The zero-order valence-electron chi connectivity index (χ0n) is 19.6. The highest BCUT2D eigenvalue weighted by Crippen LogP contribution is 2.27. The molecule has 0 saturated heterocycles. The van der Waals surface area contributed by atoms with Crippen LogP contribution in [0.2, 0.25) is 0 Å². The number of carbonyl (C=O) groups is 2. The molecular formula is C25H22N6O4. The Labute approximate surface area is 201 Å². The third-order valence-corrected chi connectivity index (χ3v) is 5.51. The lowest BCUT2D eigenvalue weighted by atomic mass is 10.1. The highest BCUT2D eigenvalue weighted by atomic mass is 16.5. The molecule has 0 fully saturated rings. The lowest BCUT2D eigenvalue weighted by Crippen LogP contribution is -2.26. The molecule has 4 rings (SSSR count). The van der Waals surface area contributed by atoms with E-state index in [-0.39, 0.29) is 5.91 Å². The van der Waals surface area contributed by atoms with Crippen molar-refractivity contribution < 1.29 is 19.1 Å². The number of amides is 2. The lowest BCUT2D eigenvalue weighted by molar-refractivity contribution is 0.0992. The number of ether oxygens (including phenoxy) is 2. The van der Waals surface area contributed by atoms with E-state index in [2.05, 4.69) is 20.0 Å². The van der Waals surface area contributed by atoms with Gasteiger partial charge < -0.3 is 14.4 Å². The van der Waals surface area contributed by atoms with Crippen LogP contribution in [-0.2, 0) is 4.74 Å². The molecule has 176 valence electrons. The number of anilines is 2. The summed E-state index contributed by atoms with van der Waals surface area (Å²) in [6.45, 7) is 1.92. The van der Waals surface area contributed by atoms with Gasteiger partial charge in [0.05, 0.1) is 37.4 Å². The van der Waals surface area contributed by atoms with Crippen LogP contribution in [0.4, 0.5) is 16.3 Å². The number of carbonyl (C=O) groups excluding carboxylic acids is 2. The van der Waals surface area contributed by atoms with Crippen molar-refractivity contribution in [2.45, 2.75) is 6.92 Å². The van der Waals surface area contributed by atoms with Gasteiger partial charge in [0.1, 0.15) is 23.3 Å². The summed E-state index contributed by atoms with van der Waals surface area (Å²) in [6, 6.07) is 12.1. The molecule has 0 saturated carbocycles. The monoisotopic (exact) mass is 470 g/mol. The highest BCUT2D eigenvalue weighted by molar-refractivity contribution is 6.06. The lowest BCUT2D eigenvalue weighted by Gasteiger charge is -2.19. The van der Waals surface area contributed by atoms with Crippen LogP contribution in [0.25, 0.3) is 16.9 Å². The second kappa shape index (κ2) is 9.52. The molecule has 0 atom stereocenters. The Bertz CT molecular complexity index is 1470. The number of hydrogen-bond donors (Lipinski definition) is 1. The smallest absolute Gasteiger partial charge is 0.412 e. The molecule has 0 aliphatic carbocycles. The number of aryl methyl sites for hydroxylation is 1. The van der Waals surface area contributed by atoms with Crippen LogP contribution in [-0.4, -0.2) is 47.6 Å². The number of hydrogen-bond acceptors (Lipinski definition) is 7. The van der Waals surface area contributed by atoms with E-state index in [1.807, 2.05) is 35.7 Å². The van der Waals surface area contributed by atoms with E-state index in [4.69, 9.17) is 4.74 Å². The molecule has 35 heavy (non-hydrogen) atoms. The van der Waals surface area contributed by atoms with Gasteiger partial charge in [-0.1, -0.05) is 0 Å². The van der Waals surface area contributed by atoms with Gasteiger partial charge in [0.25, 0.3) is 5.91 Å². The van der Waals surface area contributed by atoms with Crippen LogP contribution in [0.15, 0.2) is 55.0 Å². The van der Waals surface area contributed by atoms with Gasteiger partial charge in [0.2, 0.25) is 0 Å². The first-order chi connectivity index (χ1) is 16.9. The van der Waals surface area contributed by atoms with Crippen molar-refractivity contribution >= 4 is 29.2 Å². The summed E-state index contributed by atoms with van der Waals surface area (Å²) in [5, 5.41) is 11.7. The second-order valence-corrected chi connectivity index (χ2v) is 7.66. The Balaban J connectivity index is 1.69. The van der Waals surface area contributed by atoms with Crippen molar-refractivity contribution in [2.75, 3.05) is 31.5 Å². The van der Waals surface area contributed by atoms with E-state index >= 15 is 0 Å². The number of rotatable bonds is 5. The van der Waals surface area contributed by atoms with E-state index in [0.717, 1.165) is 22.5 Å². The highest BCUT2D eigenvalue weighted by Gasteiger charge is 2.18. The number of nitrogens with zero attached hydrogens (tertiary/aromatic N) is 5. The van der Waals surface area contributed by atoms with E-state index in [9.17, 15) is 14.9 Å². The SMILES string of the molecule is COC(=O)Nc1ccc(-c2cnc3c(C)cc(N(C)C(=O)c4ccc(C#N)c(OC)c4)cn23)cn1. The van der Waals surface area contributed by atoms with Crippen molar-refractivity contribution in [2.24, 2.45) is 0 Å². The molecule has 0 aliphatic heterocycles. The zero-order valence-corrected chi connectivity index (χ0v) is 19.6. The average Bonchev–Trinajstić information content (AvgIpc) is 3.32. The molecule has 10 nitrogen and oxygen atoms in total. The maximum absolute atomic E-state index is 13.2. The van der Waals surface area contributed by atoms with Crippen LogP contribution in [0, 0.1) is 18.3 Å². The van der Waals surface area contributed by atoms with E-state index in [1.165, 1.54) is 19.1 Å². The number of nitrogens with one attached hydrogen (secondary N) is 1. The number of methoxy groups -OCH3 is 2. The zero-order chi connectivity index (χ0) is 25.1. The molecule has 3 heterocycles. The third-order valence-electron chi connectivity index (χ3n) is 5.51. The molecule has 0 bridgehead atoms. The minimum absolute atomic E-state index is 0.256. The van der Waals surface area contributed by atoms with Gasteiger partial charge in [-0.25, -0.2) is 14.8 Å². The summed E-state index contributed by atoms with van der Waals surface area (Å²) in [4.78, 5) is 34.9. The summed E-state index contributed by atoms with van der Waals surface area (Å²) >= 11 is 0. The Morgan fingerprint density at radius 3 is 2.57 bits per heavy atom. The first kappa shape index (κ1) is 23.3. The number of nitriles is 1. The van der Waals surface area contributed by atoms with Gasteiger partial charge >= 0.3 is 6.09 Å². The minimum atomic E-state index is -0.604. The maximum Gasteiger partial charge on any atom is 0.412 e. The van der Waals surface area contributed by atoms with E-state index < -0.39 is 6.09 Å². The van der Waals surface area contributed by atoms with Crippen molar-refractivity contribution in [1.29, 1.82) is 5.26 Å². The van der Waals surface area contributed by atoms with Crippen LogP contribution in [0.1, 0.15) is 21.5 Å². The Morgan fingerprint density at radius 1 is 1.11 bits per heavy atom. The predicted molar refractivity (Wildman–Crippen MR) is 130 cm³/mol. The average molecular weight is 470 g/mol. The molecule has 0 radical (unpaired) electrons. The van der Waals surface area contributed by atoms with Crippen molar-refractivity contribution in [1.82, 2.24) is 14.4 Å². The Hall–Kier alpha value is -4.91. The van der Waals surface area contributed by atoms with Crippen LogP contribution >= 0.6 is 0 Å². The summed E-state index contributed by atoms with van der Waals surface area (Å²) in [5.41, 5.74) is 4.56. The fraction of sp³-hybridized carbons (Fsp3) is 0.160. The Kier molecular flexibility index (Phi) is 6.33. The number of fused-ring (bicyclic) bond motifs is 1. The predicted octanol–water partition coefficient (Wildman–Crippen LogP) is 4.04. The van der Waals surface area contributed by atoms with Gasteiger partial charge in [-0.2, -0.15) is 5.26 Å². The summed E-state index contributed by atoms with van der Waals surface area (Å²) in [7, 11) is 4.42. The van der Waals surface area contributed by atoms with E-state index in [0.29, 0.717) is 28.4 Å². The third kappa shape index (κ3) is 4.47. The molecule has 1 N–H and O–H groups in total. The molecule has 0 unspecified atom stereocenters. The number of aromatic nitrogens is 3. The van der Waals surface area contributed by atoms with E-state index in [1.54, 1.807) is 43.7 Å². The Morgan fingerprint density at radius 2 is 1.91 bits per heavy atom. The van der Waals surface area contributed by atoms with Crippen LogP contribution < -0.4 is 15.0 Å². The topological polar surface area (TPSA) is 122 Å². The van der Waals surface area contributed by atoms with Gasteiger partial charge in [0.15, 0.2) is 0 Å². The van der Waals surface area contributed by atoms with Crippen molar-refractivity contribution in [3.05, 3.63) is 71.7 Å². The molecule has 10 heteroatoms.